The Morgan fingerprint density at radius 3 is 2.68 bits per heavy atom. The van der Waals surface area contributed by atoms with Gasteiger partial charge in [-0.05, 0) is 31.6 Å². The van der Waals surface area contributed by atoms with Gasteiger partial charge in [-0.25, -0.2) is 4.79 Å². The number of aromatic hydroxyl groups is 2. The van der Waals surface area contributed by atoms with Crippen molar-refractivity contribution in [3.63, 3.8) is 0 Å². The third-order valence-corrected chi connectivity index (χ3v) is 6.97. The Morgan fingerprint density at radius 1 is 1.23 bits per heavy atom. The summed E-state index contributed by atoms with van der Waals surface area (Å²) in [5.41, 5.74) is -1.99. The molecule has 3 aliphatic rings. The first-order valence-electron chi connectivity index (χ1n) is 10.1. The van der Waals surface area contributed by atoms with Gasteiger partial charge in [0, 0.05) is 29.6 Å². The summed E-state index contributed by atoms with van der Waals surface area (Å²) in [4.78, 5) is 36.6. The van der Waals surface area contributed by atoms with Crippen LogP contribution in [0.25, 0.3) is 0 Å². The quantitative estimate of drug-likeness (QED) is 0.521. The lowest BCUT2D eigenvalue weighted by Gasteiger charge is -2.50. The molecule has 9 nitrogen and oxygen atoms in total. The van der Waals surface area contributed by atoms with Gasteiger partial charge < -0.3 is 30.1 Å². The average Bonchev–Trinajstić information content (AvgIpc) is 2.96. The van der Waals surface area contributed by atoms with Gasteiger partial charge in [0.1, 0.15) is 17.0 Å². The molecule has 3 unspecified atom stereocenters. The number of ether oxygens (including phenoxy) is 2. The third-order valence-electron chi connectivity index (χ3n) is 6.97. The van der Waals surface area contributed by atoms with E-state index in [0.717, 1.165) is 12.1 Å². The van der Waals surface area contributed by atoms with Gasteiger partial charge >= 0.3 is 5.97 Å². The number of hydrogen-bond donors (Lipinski definition) is 4. The van der Waals surface area contributed by atoms with Crippen molar-refractivity contribution in [3.05, 3.63) is 29.8 Å². The van der Waals surface area contributed by atoms with E-state index in [-0.39, 0.29) is 35.6 Å². The van der Waals surface area contributed by atoms with Crippen molar-refractivity contribution in [2.45, 2.75) is 38.9 Å². The number of hydrogen-bond acceptors (Lipinski definition) is 7. The molecule has 0 saturated carbocycles. The smallest absolute Gasteiger partial charge is 0.339 e. The number of carboxylic acids is 1. The SMILES string of the molecule is CC12C[C@]3(C=CC(=O)C(C)(CCC(=O)Nc4c(O)ccc(C(=O)O)c4O)C3CO1)CO2. The van der Waals surface area contributed by atoms with E-state index in [0.29, 0.717) is 19.6 Å². The highest BCUT2D eigenvalue weighted by Gasteiger charge is 2.62. The lowest BCUT2D eigenvalue weighted by atomic mass is 9.55. The molecule has 2 fully saturated rings. The molecule has 1 aromatic rings. The summed E-state index contributed by atoms with van der Waals surface area (Å²) in [6.45, 7) is 4.50. The lowest BCUT2D eigenvalue weighted by molar-refractivity contribution is -0.219. The highest BCUT2D eigenvalue weighted by Crippen LogP contribution is 2.59. The molecule has 1 amide bonds. The van der Waals surface area contributed by atoms with E-state index >= 15 is 0 Å². The van der Waals surface area contributed by atoms with Gasteiger partial charge in [0.05, 0.1) is 13.2 Å². The van der Waals surface area contributed by atoms with Crippen molar-refractivity contribution in [2.24, 2.45) is 16.7 Å². The predicted octanol–water partition coefficient (Wildman–Crippen LogP) is 2.43. The first-order valence-corrected chi connectivity index (χ1v) is 10.1. The number of allylic oxidation sites excluding steroid dienone is 1. The Labute approximate surface area is 178 Å². The van der Waals surface area contributed by atoms with Gasteiger partial charge in [-0.1, -0.05) is 13.0 Å². The summed E-state index contributed by atoms with van der Waals surface area (Å²) >= 11 is 0. The average molecular weight is 431 g/mol. The third kappa shape index (κ3) is 3.37. The van der Waals surface area contributed by atoms with Crippen molar-refractivity contribution < 1.29 is 39.2 Å². The summed E-state index contributed by atoms with van der Waals surface area (Å²) in [6, 6.07) is 2.12. The highest BCUT2D eigenvalue weighted by molar-refractivity contribution is 6.00. The van der Waals surface area contributed by atoms with E-state index in [1.54, 1.807) is 6.08 Å². The summed E-state index contributed by atoms with van der Waals surface area (Å²) in [5, 5.41) is 31.5. The number of amides is 1. The molecule has 2 heterocycles. The zero-order chi connectivity index (χ0) is 22.6. The van der Waals surface area contributed by atoms with Crippen LogP contribution in [-0.2, 0) is 19.1 Å². The number of fused-ring (bicyclic) bond motifs is 1. The molecule has 2 bridgehead atoms. The fourth-order valence-corrected chi connectivity index (χ4v) is 5.12. The number of carbonyl (C=O) groups excluding carboxylic acids is 2. The van der Waals surface area contributed by atoms with Crippen LogP contribution in [0.1, 0.15) is 43.5 Å². The summed E-state index contributed by atoms with van der Waals surface area (Å²) < 4.78 is 11.8. The fourth-order valence-electron chi connectivity index (χ4n) is 5.12. The molecule has 9 heteroatoms. The number of carboxylic acid groups (broad SMARTS) is 1. The van der Waals surface area contributed by atoms with Crippen molar-refractivity contribution in [1.29, 1.82) is 0 Å². The van der Waals surface area contributed by atoms with Crippen molar-refractivity contribution in [1.82, 2.24) is 0 Å². The van der Waals surface area contributed by atoms with Crippen LogP contribution in [0.2, 0.25) is 0 Å². The predicted molar refractivity (Wildman–Crippen MR) is 108 cm³/mol. The van der Waals surface area contributed by atoms with Crippen molar-refractivity contribution in [2.75, 3.05) is 18.5 Å². The lowest BCUT2D eigenvalue weighted by Crippen LogP contribution is -2.54. The minimum absolute atomic E-state index is 0.0725. The van der Waals surface area contributed by atoms with E-state index in [1.807, 2.05) is 19.9 Å². The van der Waals surface area contributed by atoms with E-state index in [2.05, 4.69) is 5.32 Å². The van der Waals surface area contributed by atoms with Crippen LogP contribution in [-0.4, -0.2) is 52.0 Å². The van der Waals surface area contributed by atoms with Crippen LogP contribution < -0.4 is 5.32 Å². The number of benzene rings is 1. The maximum absolute atomic E-state index is 12.9. The Kier molecular flexibility index (Phi) is 4.86. The van der Waals surface area contributed by atoms with Crippen LogP contribution in [0.15, 0.2) is 24.3 Å². The second-order valence-corrected chi connectivity index (χ2v) is 9.02. The number of phenols is 2. The fraction of sp³-hybridized carbons (Fsp3) is 0.500. The van der Waals surface area contributed by atoms with Gasteiger partial charge in [0.2, 0.25) is 5.91 Å². The van der Waals surface area contributed by atoms with Gasteiger partial charge in [-0.15, -0.1) is 0 Å². The molecular weight excluding hydrogens is 406 g/mol. The van der Waals surface area contributed by atoms with Crippen LogP contribution >= 0.6 is 0 Å². The summed E-state index contributed by atoms with van der Waals surface area (Å²) in [5.74, 6) is -4.05. The molecule has 166 valence electrons. The molecule has 2 aliphatic heterocycles. The van der Waals surface area contributed by atoms with Crippen LogP contribution in [0.3, 0.4) is 0 Å². The molecule has 1 aliphatic carbocycles. The molecule has 31 heavy (non-hydrogen) atoms. The first kappa shape index (κ1) is 21.3. The van der Waals surface area contributed by atoms with Crippen molar-refractivity contribution >= 4 is 23.3 Å². The Morgan fingerprint density at radius 2 is 1.97 bits per heavy atom. The standard InChI is InChI=1S/C22H25NO8/c1-20(14-9-30-21(2)10-22(14,11-31-21)8-5-15(20)25)7-6-16(26)23-17-13(24)4-3-12(18(17)27)19(28)29/h3-5,8,14,24,27H,6-7,9-11H2,1-2H3,(H,23,26)(H,28,29)/t14?,20?,21?,22-/m1/s1. The van der Waals surface area contributed by atoms with E-state index in [4.69, 9.17) is 14.6 Å². The number of phenolic OH excluding ortho intramolecular Hbond substituents is 1. The number of ketones is 1. The minimum atomic E-state index is -1.39. The van der Waals surface area contributed by atoms with Crippen LogP contribution in [0.4, 0.5) is 5.69 Å². The molecule has 4 N–H and O–H groups in total. The maximum atomic E-state index is 12.9. The highest BCUT2D eigenvalue weighted by atomic mass is 16.7. The van der Waals surface area contributed by atoms with Gasteiger partial charge in [0.15, 0.2) is 17.3 Å². The second kappa shape index (κ2) is 7.06. The molecule has 1 aromatic carbocycles. The number of anilines is 1. The second-order valence-electron chi connectivity index (χ2n) is 9.02. The Balaban J connectivity index is 1.51. The molecular formula is C22H25NO8. The van der Waals surface area contributed by atoms with E-state index in [9.17, 15) is 24.6 Å². The van der Waals surface area contributed by atoms with E-state index < -0.39 is 40.1 Å². The topological polar surface area (TPSA) is 142 Å². The molecule has 1 spiro atoms. The zero-order valence-corrected chi connectivity index (χ0v) is 17.3. The Hall–Kier alpha value is -2.91. The van der Waals surface area contributed by atoms with Gasteiger partial charge in [-0.3, -0.25) is 9.59 Å². The number of aromatic carboxylic acids is 1. The summed E-state index contributed by atoms with van der Waals surface area (Å²) in [6.07, 6.45) is 4.28. The van der Waals surface area contributed by atoms with Crippen LogP contribution in [0, 0.1) is 16.7 Å². The number of rotatable bonds is 5. The molecule has 4 rings (SSSR count). The molecule has 2 saturated heterocycles. The normalized spacial score (nSPS) is 33.7. The monoisotopic (exact) mass is 431 g/mol. The molecule has 0 radical (unpaired) electrons. The number of carbonyl (C=O) groups is 3. The van der Waals surface area contributed by atoms with Crippen molar-refractivity contribution in [3.8, 4) is 11.5 Å². The molecule has 4 atom stereocenters. The van der Waals surface area contributed by atoms with Gasteiger partial charge in [-0.2, -0.15) is 0 Å². The zero-order valence-electron chi connectivity index (χ0n) is 17.3. The Bertz CT molecular complexity index is 1000. The van der Waals surface area contributed by atoms with Gasteiger partial charge in [0.25, 0.3) is 0 Å². The summed E-state index contributed by atoms with van der Waals surface area (Å²) in [7, 11) is 0. The largest absolute Gasteiger partial charge is 0.506 e. The van der Waals surface area contributed by atoms with E-state index in [1.165, 1.54) is 0 Å². The number of nitrogens with one attached hydrogen (secondary N) is 1. The maximum Gasteiger partial charge on any atom is 0.339 e. The minimum Gasteiger partial charge on any atom is -0.506 e. The van der Waals surface area contributed by atoms with Crippen LogP contribution in [0.5, 0.6) is 11.5 Å². The first-order chi connectivity index (χ1) is 14.5. The molecule has 0 aromatic heterocycles.